The van der Waals surface area contributed by atoms with E-state index >= 15 is 0 Å². The third-order valence-corrected chi connectivity index (χ3v) is 2.77. The van der Waals surface area contributed by atoms with E-state index in [1.807, 2.05) is 12.1 Å². The van der Waals surface area contributed by atoms with Crippen LogP contribution in [0, 0.1) is 16.7 Å². The molecule has 2 rings (SSSR count). The predicted molar refractivity (Wildman–Crippen MR) is 68.6 cm³/mol. The summed E-state index contributed by atoms with van der Waals surface area (Å²) < 4.78 is 0. The Bertz CT molecular complexity index is 567. The first-order chi connectivity index (χ1) is 7.98. The van der Waals surface area contributed by atoms with Gasteiger partial charge in [-0.05, 0) is 30.0 Å². The Morgan fingerprint density at radius 2 is 2.12 bits per heavy atom. The minimum Gasteiger partial charge on any atom is -0.342 e. The van der Waals surface area contributed by atoms with Crippen molar-refractivity contribution in [3.05, 3.63) is 29.6 Å². The average molecular weight is 227 g/mol. The fourth-order valence-electron chi connectivity index (χ4n) is 1.74. The molecular formula is C14H17N3. The molecule has 0 aliphatic rings. The molecule has 0 unspecified atom stereocenters. The van der Waals surface area contributed by atoms with Crippen molar-refractivity contribution in [1.29, 1.82) is 5.26 Å². The van der Waals surface area contributed by atoms with Crippen molar-refractivity contribution in [2.45, 2.75) is 33.6 Å². The molecule has 0 saturated carbocycles. The summed E-state index contributed by atoms with van der Waals surface area (Å²) in [5.74, 6) is 1.00. The summed E-state index contributed by atoms with van der Waals surface area (Å²) in [5, 5.41) is 8.83. The van der Waals surface area contributed by atoms with Crippen LogP contribution in [-0.2, 0) is 6.42 Å². The number of fused-ring (bicyclic) bond motifs is 1. The smallest absolute Gasteiger partial charge is 0.107 e. The average Bonchev–Trinajstić information content (AvgIpc) is 2.66. The molecule has 0 spiro atoms. The largest absolute Gasteiger partial charge is 0.342 e. The zero-order valence-electron chi connectivity index (χ0n) is 10.5. The second kappa shape index (κ2) is 4.21. The molecule has 1 heterocycles. The quantitative estimate of drug-likeness (QED) is 0.854. The zero-order chi connectivity index (χ0) is 12.5. The van der Waals surface area contributed by atoms with E-state index in [1.54, 1.807) is 6.07 Å². The lowest BCUT2D eigenvalue weighted by Gasteiger charge is -2.16. The van der Waals surface area contributed by atoms with Crippen LogP contribution in [0.2, 0.25) is 0 Å². The summed E-state index contributed by atoms with van der Waals surface area (Å²) in [4.78, 5) is 7.81. The van der Waals surface area contributed by atoms with E-state index in [2.05, 4.69) is 36.8 Å². The van der Waals surface area contributed by atoms with E-state index < -0.39 is 0 Å². The number of nitrogens with zero attached hydrogens (tertiary/aromatic N) is 2. The SMILES string of the molecule is CC(C)(C)CCc1nc2ccc(C#N)cc2[nH]1. The lowest BCUT2D eigenvalue weighted by atomic mass is 9.90. The number of aryl methyl sites for hydroxylation is 1. The van der Waals surface area contributed by atoms with E-state index in [0.717, 1.165) is 29.7 Å². The second-order valence-electron chi connectivity index (χ2n) is 5.59. The Labute approximate surface area is 101 Å². The van der Waals surface area contributed by atoms with Crippen LogP contribution in [0.15, 0.2) is 18.2 Å². The zero-order valence-corrected chi connectivity index (χ0v) is 10.5. The van der Waals surface area contributed by atoms with E-state index in [0.29, 0.717) is 11.0 Å². The number of aromatic amines is 1. The van der Waals surface area contributed by atoms with Gasteiger partial charge in [-0.25, -0.2) is 4.98 Å². The summed E-state index contributed by atoms with van der Waals surface area (Å²) in [6.07, 6.45) is 2.04. The molecule has 0 atom stereocenters. The Morgan fingerprint density at radius 3 is 2.76 bits per heavy atom. The first-order valence-corrected chi connectivity index (χ1v) is 5.87. The van der Waals surface area contributed by atoms with Gasteiger partial charge in [-0.15, -0.1) is 0 Å². The molecule has 3 nitrogen and oxygen atoms in total. The van der Waals surface area contributed by atoms with Crippen LogP contribution in [0.25, 0.3) is 11.0 Å². The molecular weight excluding hydrogens is 210 g/mol. The van der Waals surface area contributed by atoms with Crippen molar-refractivity contribution in [3.63, 3.8) is 0 Å². The monoisotopic (exact) mass is 227 g/mol. The maximum absolute atomic E-state index is 8.83. The van der Waals surface area contributed by atoms with Crippen molar-refractivity contribution >= 4 is 11.0 Å². The highest BCUT2D eigenvalue weighted by Gasteiger charge is 2.12. The molecule has 1 N–H and O–H groups in total. The number of hydrogen-bond donors (Lipinski definition) is 1. The lowest BCUT2D eigenvalue weighted by Crippen LogP contribution is -2.06. The van der Waals surface area contributed by atoms with Crippen LogP contribution in [0.5, 0.6) is 0 Å². The van der Waals surface area contributed by atoms with Crippen LogP contribution in [0.1, 0.15) is 38.6 Å². The second-order valence-corrected chi connectivity index (χ2v) is 5.59. The predicted octanol–water partition coefficient (Wildman–Crippen LogP) is 3.41. The van der Waals surface area contributed by atoms with Gasteiger partial charge in [0.15, 0.2) is 0 Å². The van der Waals surface area contributed by atoms with Crippen LogP contribution in [0.3, 0.4) is 0 Å². The molecule has 3 heteroatoms. The minimum atomic E-state index is 0.316. The summed E-state index contributed by atoms with van der Waals surface area (Å²) in [7, 11) is 0. The molecule has 0 saturated heterocycles. The topological polar surface area (TPSA) is 52.5 Å². The highest BCUT2D eigenvalue weighted by Crippen LogP contribution is 2.21. The summed E-state index contributed by atoms with van der Waals surface area (Å²) >= 11 is 0. The number of rotatable bonds is 2. The molecule has 0 aliphatic carbocycles. The summed E-state index contributed by atoms with van der Waals surface area (Å²) in [5.41, 5.74) is 2.88. The highest BCUT2D eigenvalue weighted by molar-refractivity contribution is 5.76. The number of H-pyrrole nitrogens is 1. The van der Waals surface area contributed by atoms with Gasteiger partial charge in [0, 0.05) is 6.42 Å². The minimum absolute atomic E-state index is 0.316. The summed E-state index contributed by atoms with van der Waals surface area (Å²) in [6, 6.07) is 7.68. The highest BCUT2D eigenvalue weighted by atomic mass is 14.9. The molecule has 0 fully saturated rings. The van der Waals surface area contributed by atoms with Gasteiger partial charge in [0.05, 0.1) is 22.7 Å². The Morgan fingerprint density at radius 1 is 1.35 bits per heavy atom. The van der Waals surface area contributed by atoms with Gasteiger partial charge in [0.25, 0.3) is 0 Å². The normalized spacial score (nSPS) is 11.6. The number of hydrogen-bond acceptors (Lipinski definition) is 2. The number of imidazole rings is 1. The first-order valence-electron chi connectivity index (χ1n) is 5.87. The first kappa shape index (κ1) is 11.7. The molecule has 1 aromatic heterocycles. The Balaban J connectivity index is 2.23. The number of nitriles is 1. The lowest BCUT2D eigenvalue weighted by molar-refractivity contribution is 0.375. The molecule has 88 valence electrons. The van der Waals surface area contributed by atoms with Gasteiger partial charge < -0.3 is 4.98 Å². The molecule has 0 amide bonds. The van der Waals surface area contributed by atoms with E-state index in [1.165, 1.54) is 0 Å². The maximum Gasteiger partial charge on any atom is 0.107 e. The Hall–Kier alpha value is -1.82. The van der Waals surface area contributed by atoms with Gasteiger partial charge in [-0.1, -0.05) is 20.8 Å². The van der Waals surface area contributed by atoms with Gasteiger partial charge in [-0.2, -0.15) is 5.26 Å². The van der Waals surface area contributed by atoms with Gasteiger partial charge >= 0.3 is 0 Å². The van der Waals surface area contributed by atoms with Crippen molar-refractivity contribution in [2.24, 2.45) is 5.41 Å². The van der Waals surface area contributed by atoms with Crippen molar-refractivity contribution in [2.75, 3.05) is 0 Å². The van der Waals surface area contributed by atoms with Gasteiger partial charge in [-0.3, -0.25) is 0 Å². The third-order valence-electron chi connectivity index (χ3n) is 2.77. The molecule has 17 heavy (non-hydrogen) atoms. The fraction of sp³-hybridized carbons (Fsp3) is 0.429. The maximum atomic E-state index is 8.83. The molecule has 0 aliphatic heterocycles. The van der Waals surface area contributed by atoms with Crippen LogP contribution < -0.4 is 0 Å². The molecule has 0 bridgehead atoms. The van der Waals surface area contributed by atoms with Crippen LogP contribution in [-0.4, -0.2) is 9.97 Å². The molecule has 1 aromatic carbocycles. The number of aromatic nitrogens is 2. The van der Waals surface area contributed by atoms with E-state index in [4.69, 9.17) is 5.26 Å². The third kappa shape index (κ3) is 2.85. The van der Waals surface area contributed by atoms with Crippen LogP contribution >= 0.6 is 0 Å². The summed E-state index contributed by atoms with van der Waals surface area (Å²) in [6.45, 7) is 6.68. The van der Waals surface area contributed by atoms with Gasteiger partial charge in [0.1, 0.15) is 5.82 Å². The van der Waals surface area contributed by atoms with Crippen molar-refractivity contribution < 1.29 is 0 Å². The number of nitrogens with one attached hydrogen (secondary N) is 1. The molecule has 2 aromatic rings. The number of benzene rings is 1. The molecule has 0 radical (unpaired) electrons. The van der Waals surface area contributed by atoms with Crippen LogP contribution in [0.4, 0.5) is 0 Å². The van der Waals surface area contributed by atoms with Crippen molar-refractivity contribution in [1.82, 2.24) is 9.97 Å². The standard InChI is InChI=1S/C14H17N3/c1-14(2,3)7-6-13-16-11-5-4-10(9-15)8-12(11)17-13/h4-5,8H,6-7H2,1-3H3,(H,16,17). The van der Waals surface area contributed by atoms with E-state index in [-0.39, 0.29) is 0 Å². The fourth-order valence-corrected chi connectivity index (χ4v) is 1.74. The van der Waals surface area contributed by atoms with E-state index in [9.17, 15) is 0 Å². The van der Waals surface area contributed by atoms with Crippen molar-refractivity contribution in [3.8, 4) is 6.07 Å². The Kier molecular flexibility index (Phi) is 2.89. The van der Waals surface area contributed by atoms with Gasteiger partial charge in [0.2, 0.25) is 0 Å².